The van der Waals surface area contributed by atoms with Gasteiger partial charge >= 0.3 is 0 Å². The van der Waals surface area contributed by atoms with Crippen LogP contribution in [0.15, 0.2) is 40.5 Å². The van der Waals surface area contributed by atoms with Crippen LogP contribution in [0.2, 0.25) is 0 Å². The predicted octanol–water partition coefficient (Wildman–Crippen LogP) is 4.53. The van der Waals surface area contributed by atoms with E-state index in [4.69, 9.17) is 9.73 Å². The Bertz CT molecular complexity index is 905. The molecule has 160 valence electrons. The van der Waals surface area contributed by atoms with Gasteiger partial charge in [0, 0.05) is 42.4 Å². The van der Waals surface area contributed by atoms with Crippen LogP contribution in [0.1, 0.15) is 64.4 Å². The van der Waals surface area contributed by atoms with Gasteiger partial charge < -0.3 is 9.64 Å². The number of benzene rings is 1. The topological polar surface area (TPSA) is 59.0 Å². The molecule has 1 amide bonds. The molecule has 4 rings (SSSR count). The first-order chi connectivity index (χ1) is 14.3. The van der Waals surface area contributed by atoms with Crippen molar-refractivity contribution in [3.8, 4) is 5.75 Å². The largest absolute Gasteiger partial charge is 0.497 e. The molecule has 2 heterocycles. The van der Waals surface area contributed by atoms with Crippen molar-refractivity contribution in [1.29, 1.82) is 0 Å². The van der Waals surface area contributed by atoms with Crippen molar-refractivity contribution < 1.29 is 14.3 Å². The van der Waals surface area contributed by atoms with Gasteiger partial charge in [-0.3, -0.25) is 14.6 Å². The molecule has 1 aromatic carbocycles. The summed E-state index contributed by atoms with van der Waals surface area (Å²) >= 11 is 0. The number of ether oxygens (including phenoxy) is 1. The summed E-state index contributed by atoms with van der Waals surface area (Å²) in [5, 5.41) is 0. The maximum Gasteiger partial charge on any atom is 0.232 e. The first kappa shape index (κ1) is 20.8. The molecule has 0 saturated carbocycles. The fourth-order valence-corrected chi connectivity index (χ4v) is 5.25. The Kier molecular flexibility index (Phi) is 5.56. The van der Waals surface area contributed by atoms with E-state index in [-0.39, 0.29) is 23.0 Å². The Morgan fingerprint density at radius 1 is 1.10 bits per heavy atom. The minimum absolute atomic E-state index is 0.103. The summed E-state index contributed by atoms with van der Waals surface area (Å²) in [5.41, 5.74) is 3.34. The van der Waals surface area contributed by atoms with Crippen molar-refractivity contribution in [1.82, 2.24) is 4.90 Å². The number of ketones is 1. The average molecular weight is 409 g/mol. The fraction of sp³-hybridized carbons (Fsp3) is 0.560. The molecule has 0 aromatic heterocycles. The number of hydrogen-bond acceptors (Lipinski definition) is 4. The number of amides is 1. The lowest BCUT2D eigenvalue weighted by Crippen LogP contribution is -2.46. The number of methoxy groups -OCH3 is 1. The fourth-order valence-electron chi connectivity index (χ4n) is 5.25. The maximum atomic E-state index is 13.7. The minimum atomic E-state index is -0.416. The highest BCUT2D eigenvalue weighted by Gasteiger charge is 2.46. The van der Waals surface area contributed by atoms with Gasteiger partial charge in [0.25, 0.3) is 0 Å². The number of aliphatic imine (C=N–C) groups is 1. The Hall–Kier alpha value is -2.43. The number of carbonyl (C=O) groups excluding carboxylic acids is 2. The van der Waals surface area contributed by atoms with Gasteiger partial charge in [-0.2, -0.15) is 0 Å². The maximum absolute atomic E-state index is 13.7. The number of nitrogens with zero attached hydrogens (tertiary/aromatic N) is 2. The number of rotatable bonds is 3. The van der Waals surface area contributed by atoms with E-state index >= 15 is 0 Å². The molecule has 2 atom stereocenters. The third kappa shape index (κ3) is 3.82. The van der Waals surface area contributed by atoms with E-state index < -0.39 is 5.92 Å². The molecule has 1 unspecified atom stereocenters. The standard InChI is InChI=1S/C25H32N2O3/c1-16-21(24(29)27-12-6-5-7-13-27)22(17-8-10-18(30-4)11-9-17)23-19(26-16)14-25(2,3)15-20(23)28/h8-11,21-22H,5-7,12-15H2,1-4H3/t21?,22-/m1/s1. The lowest BCUT2D eigenvalue weighted by atomic mass is 9.66. The zero-order valence-electron chi connectivity index (χ0n) is 18.5. The highest BCUT2D eigenvalue weighted by molar-refractivity contribution is 6.10. The van der Waals surface area contributed by atoms with Crippen LogP contribution in [0.5, 0.6) is 5.75 Å². The second-order valence-electron chi connectivity index (χ2n) is 9.67. The van der Waals surface area contributed by atoms with Crippen molar-refractivity contribution >= 4 is 17.4 Å². The van der Waals surface area contributed by atoms with Crippen molar-refractivity contribution in [2.24, 2.45) is 16.3 Å². The summed E-state index contributed by atoms with van der Waals surface area (Å²) in [5.74, 6) is 0.321. The molecule has 3 aliphatic rings. The van der Waals surface area contributed by atoms with Crippen LogP contribution < -0.4 is 4.74 Å². The van der Waals surface area contributed by atoms with Gasteiger partial charge in [-0.15, -0.1) is 0 Å². The van der Waals surface area contributed by atoms with Gasteiger partial charge in [0.2, 0.25) is 5.91 Å². The highest BCUT2D eigenvalue weighted by atomic mass is 16.5. The third-order valence-electron chi connectivity index (χ3n) is 6.71. The second kappa shape index (κ2) is 8.01. The van der Waals surface area contributed by atoms with Crippen LogP contribution in [0, 0.1) is 11.3 Å². The molecule has 0 bridgehead atoms. The lowest BCUT2D eigenvalue weighted by molar-refractivity contribution is -0.134. The predicted molar refractivity (Wildman–Crippen MR) is 118 cm³/mol. The van der Waals surface area contributed by atoms with Gasteiger partial charge in [0.1, 0.15) is 5.75 Å². The van der Waals surface area contributed by atoms with Gasteiger partial charge in [-0.1, -0.05) is 26.0 Å². The van der Waals surface area contributed by atoms with Crippen LogP contribution >= 0.6 is 0 Å². The SMILES string of the molecule is COc1ccc([C@H]2C3=C(CC(C)(C)CC3=O)N=C(C)C2C(=O)N2CCCCC2)cc1. The molecule has 0 N–H and O–H groups in total. The molecule has 1 aliphatic carbocycles. The number of piperidine rings is 1. The Balaban J connectivity index is 1.80. The summed E-state index contributed by atoms with van der Waals surface area (Å²) in [6.07, 6.45) is 4.53. The van der Waals surface area contributed by atoms with Crippen molar-refractivity contribution in [3.05, 3.63) is 41.1 Å². The van der Waals surface area contributed by atoms with E-state index in [1.165, 1.54) is 6.42 Å². The highest BCUT2D eigenvalue weighted by Crippen LogP contribution is 2.48. The molecular formula is C25H32N2O3. The number of Topliss-reactive ketones (excluding diaryl/α,β-unsaturated/α-hetero) is 1. The molecule has 30 heavy (non-hydrogen) atoms. The first-order valence-electron chi connectivity index (χ1n) is 11.0. The molecule has 1 saturated heterocycles. The van der Waals surface area contributed by atoms with E-state index in [2.05, 4.69) is 13.8 Å². The average Bonchev–Trinajstić information content (AvgIpc) is 2.72. The first-order valence-corrected chi connectivity index (χ1v) is 11.0. The van der Waals surface area contributed by atoms with Crippen LogP contribution in [-0.2, 0) is 9.59 Å². The summed E-state index contributed by atoms with van der Waals surface area (Å²) in [4.78, 5) is 33.8. The third-order valence-corrected chi connectivity index (χ3v) is 6.71. The van der Waals surface area contributed by atoms with Gasteiger partial charge in [0.05, 0.1) is 13.0 Å². The molecule has 0 radical (unpaired) electrons. The molecule has 1 aromatic rings. The molecule has 0 spiro atoms. The van der Waals surface area contributed by atoms with Crippen LogP contribution in [0.4, 0.5) is 0 Å². The summed E-state index contributed by atoms with van der Waals surface area (Å²) in [6, 6.07) is 7.82. The Morgan fingerprint density at radius 2 is 1.77 bits per heavy atom. The van der Waals surface area contributed by atoms with Crippen molar-refractivity contribution in [3.63, 3.8) is 0 Å². The van der Waals surface area contributed by atoms with Crippen LogP contribution in [0.25, 0.3) is 0 Å². The zero-order valence-corrected chi connectivity index (χ0v) is 18.5. The molecule has 2 aliphatic heterocycles. The van der Waals surface area contributed by atoms with Crippen molar-refractivity contribution in [2.75, 3.05) is 20.2 Å². The summed E-state index contributed by atoms with van der Waals surface area (Å²) < 4.78 is 5.32. The lowest BCUT2D eigenvalue weighted by Gasteiger charge is -2.41. The molecular weight excluding hydrogens is 376 g/mol. The van der Waals surface area contributed by atoms with Crippen molar-refractivity contribution in [2.45, 2.75) is 58.8 Å². The number of allylic oxidation sites excluding steroid dienone is 2. The van der Waals surface area contributed by atoms with Crippen LogP contribution in [-0.4, -0.2) is 42.5 Å². The van der Waals surface area contributed by atoms with Gasteiger partial charge in [-0.05, 0) is 55.7 Å². The summed E-state index contributed by atoms with van der Waals surface area (Å²) in [7, 11) is 1.64. The minimum Gasteiger partial charge on any atom is -0.497 e. The van der Waals surface area contributed by atoms with E-state index in [0.29, 0.717) is 6.42 Å². The normalized spacial score (nSPS) is 26.2. The Morgan fingerprint density at radius 3 is 2.40 bits per heavy atom. The number of carbonyl (C=O) groups is 2. The molecule has 5 heteroatoms. The van der Waals surface area contributed by atoms with Crippen LogP contribution in [0.3, 0.4) is 0 Å². The van der Waals surface area contributed by atoms with Gasteiger partial charge in [-0.25, -0.2) is 0 Å². The van der Waals surface area contributed by atoms with E-state index in [1.54, 1.807) is 7.11 Å². The molecule has 1 fully saturated rings. The van der Waals surface area contributed by atoms with E-state index in [0.717, 1.165) is 60.6 Å². The van der Waals surface area contributed by atoms with E-state index in [9.17, 15) is 9.59 Å². The molecule has 5 nitrogen and oxygen atoms in total. The quantitative estimate of drug-likeness (QED) is 0.739. The second-order valence-corrected chi connectivity index (χ2v) is 9.67. The smallest absolute Gasteiger partial charge is 0.232 e. The zero-order chi connectivity index (χ0) is 21.5. The number of hydrogen-bond donors (Lipinski definition) is 0. The summed E-state index contributed by atoms with van der Waals surface area (Å²) in [6.45, 7) is 7.79. The monoisotopic (exact) mass is 408 g/mol. The Labute approximate surface area is 179 Å². The van der Waals surface area contributed by atoms with E-state index in [1.807, 2.05) is 36.1 Å². The number of likely N-dealkylation sites (tertiary alicyclic amines) is 1. The van der Waals surface area contributed by atoms with Gasteiger partial charge in [0.15, 0.2) is 5.78 Å².